The van der Waals surface area contributed by atoms with Crippen molar-refractivity contribution in [2.75, 3.05) is 20.2 Å². The van der Waals surface area contributed by atoms with Gasteiger partial charge in [0.2, 0.25) is 5.91 Å². The van der Waals surface area contributed by atoms with Crippen LogP contribution in [-0.2, 0) is 14.3 Å². The predicted octanol–water partition coefficient (Wildman–Crippen LogP) is 1.55. The van der Waals surface area contributed by atoms with Crippen LogP contribution in [0.1, 0.15) is 46.5 Å². The number of hydrogen-bond donors (Lipinski definition) is 1. The Balaban J connectivity index is 2.82. The van der Waals surface area contributed by atoms with Crippen molar-refractivity contribution in [3.05, 3.63) is 0 Å². The summed E-state index contributed by atoms with van der Waals surface area (Å²) in [7, 11) is 1.37. The van der Waals surface area contributed by atoms with Gasteiger partial charge in [0.25, 0.3) is 0 Å². The number of carbonyl (C=O) groups is 2. The molecule has 2 unspecified atom stereocenters. The highest BCUT2D eigenvalue weighted by atomic mass is 16.5. The molecular weight excluding hydrogens is 256 g/mol. The van der Waals surface area contributed by atoms with Crippen LogP contribution < -0.4 is 5.73 Å². The standard InChI is InChI=1S/C15H28N2O3/c1-15(2,3)9-11(10-16)13(18)17-8-6-5-7-12(17)14(19)20-4/h11-12H,5-10,16H2,1-4H3. The Labute approximate surface area is 121 Å². The van der Waals surface area contributed by atoms with Crippen molar-refractivity contribution in [2.24, 2.45) is 17.1 Å². The zero-order chi connectivity index (χ0) is 15.3. The summed E-state index contributed by atoms with van der Waals surface area (Å²) in [6.45, 7) is 7.23. The number of hydrogen-bond acceptors (Lipinski definition) is 4. The van der Waals surface area contributed by atoms with Gasteiger partial charge in [-0.05, 0) is 31.1 Å². The fourth-order valence-electron chi connectivity index (χ4n) is 2.82. The molecule has 0 aromatic rings. The maximum absolute atomic E-state index is 12.7. The highest BCUT2D eigenvalue weighted by Crippen LogP contribution is 2.27. The SMILES string of the molecule is COC(=O)C1CCCCN1C(=O)C(CN)CC(C)(C)C. The highest BCUT2D eigenvalue weighted by Gasteiger charge is 2.36. The third kappa shape index (κ3) is 4.47. The fourth-order valence-corrected chi connectivity index (χ4v) is 2.82. The number of carbonyl (C=O) groups excluding carboxylic acids is 2. The van der Waals surface area contributed by atoms with Gasteiger partial charge in [-0.25, -0.2) is 4.79 Å². The van der Waals surface area contributed by atoms with Gasteiger partial charge in [-0.2, -0.15) is 0 Å². The van der Waals surface area contributed by atoms with Crippen molar-refractivity contribution >= 4 is 11.9 Å². The molecule has 1 saturated heterocycles. The lowest BCUT2D eigenvalue weighted by atomic mass is 9.83. The fraction of sp³-hybridized carbons (Fsp3) is 0.867. The molecule has 1 aliphatic heterocycles. The summed E-state index contributed by atoms with van der Waals surface area (Å²) in [5.41, 5.74) is 5.82. The molecule has 2 N–H and O–H groups in total. The molecule has 20 heavy (non-hydrogen) atoms. The number of likely N-dealkylation sites (tertiary alicyclic amines) is 1. The van der Waals surface area contributed by atoms with E-state index in [0.29, 0.717) is 19.5 Å². The van der Waals surface area contributed by atoms with E-state index < -0.39 is 6.04 Å². The Morgan fingerprint density at radius 1 is 1.35 bits per heavy atom. The molecule has 0 aromatic carbocycles. The molecule has 0 aliphatic carbocycles. The van der Waals surface area contributed by atoms with Crippen molar-refractivity contribution in [3.8, 4) is 0 Å². The van der Waals surface area contributed by atoms with Gasteiger partial charge >= 0.3 is 5.97 Å². The minimum absolute atomic E-state index is 0.00229. The largest absolute Gasteiger partial charge is 0.467 e. The van der Waals surface area contributed by atoms with E-state index in [-0.39, 0.29) is 23.2 Å². The molecule has 5 nitrogen and oxygen atoms in total. The molecular formula is C15H28N2O3. The smallest absolute Gasteiger partial charge is 0.328 e. The third-order valence-corrected chi connectivity index (χ3v) is 3.75. The average molecular weight is 284 g/mol. The number of piperidine rings is 1. The Kier molecular flexibility index (Phi) is 5.99. The van der Waals surface area contributed by atoms with Crippen LogP contribution in [0, 0.1) is 11.3 Å². The molecule has 1 fully saturated rings. The molecule has 0 radical (unpaired) electrons. The Morgan fingerprint density at radius 2 is 2.00 bits per heavy atom. The van der Waals surface area contributed by atoms with E-state index in [1.54, 1.807) is 4.90 Å². The molecule has 5 heteroatoms. The van der Waals surface area contributed by atoms with Crippen LogP contribution in [-0.4, -0.2) is 43.0 Å². The molecule has 0 spiro atoms. The summed E-state index contributed by atoms with van der Waals surface area (Å²) in [5.74, 6) is -0.539. The van der Waals surface area contributed by atoms with Crippen molar-refractivity contribution in [1.82, 2.24) is 4.90 Å². The van der Waals surface area contributed by atoms with Crippen LogP contribution in [0.4, 0.5) is 0 Å². The zero-order valence-corrected chi connectivity index (χ0v) is 13.1. The first-order valence-electron chi connectivity index (χ1n) is 7.38. The number of nitrogens with zero attached hydrogens (tertiary/aromatic N) is 1. The Hall–Kier alpha value is -1.10. The summed E-state index contributed by atoms with van der Waals surface area (Å²) in [5, 5.41) is 0. The van der Waals surface area contributed by atoms with Crippen LogP contribution in [0.5, 0.6) is 0 Å². The number of methoxy groups -OCH3 is 1. The molecule has 1 amide bonds. The second kappa shape index (κ2) is 7.07. The van der Waals surface area contributed by atoms with E-state index in [1.165, 1.54) is 7.11 Å². The maximum Gasteiger partial charge on any atom is 0.328 e. The summed E-state index contributed by atoms with van der Waals surface area (Å²) in [4.78, 5) is 26.2. The van der Waals surface area contributed by atoms with Crippen molar-refractivity contribution in [1.29, 1.82) is 0 Å². The molecule has 1 rings (SSSR count). The lowest BCUT2D eigenvalue weighted by Crippen LogP contribution is -2.52. The quantitative estimate of drug-likeness (QED) is 0.795. The van der Waals surface area contributed by atoms with Crippen LogP contribution in [0.25, 0.3) is 0 Å². The van der Waals surface area contributed by atoms with E-state index in [1.807, 2.05) is 0 Å². The average Bonchev–Trinajstić information content (AvgIpc) is 2.42. The van der Waals surface area contributed by atoms with E-state index >= 15 is 0 Å². The van der Waals surface area contributed by atoms with E-state index in [0.717, 1.165) is 19.3 Å². The molecule has 0 bridgehead atoms. The highest BCUT2D eigenvalue weighted by molar-refractivity contribution is 5.86. The van der Waals surface area contributed by atoms with Gasteiger partial charge in [0.05, 0.1) is 13.0 Å². The molecule has 0 saturated carbocycles. The van der Waals surface area contributed by atoms with Gasteiger partial charge in [-0.1, -0.05) is 20.8 Å². The van der Waals surface area contributed by atoms with E-state index in [9.17, 15) is 9.59 Å². The second-order valence-electron chi connectivity index (χ2n) is 6.76. The summed E-state index contributed by atoms with van der Waals surface area (Å²) >= 11 is 0. The maximum atomic E-state index is 12.7. The topological polar surface area (TPSA) is 72.6 Å². The molecule has 116 valence electrons. The van der Waals surface area contributed by atoms with Gasteiger partial charge in [0.1, 0.15) is 6.04 Å². The first kappa shape index (κ1) is 17.0. The first-order valence-corrected chi connectivity index (χ1v) is 7.38. The second-order valence-corrected chi connectivity index (χ2v) is 6.76. The van der Waals surface area contributed by atoms with Crippen LogP contribution in [0.3, 0.4) is 0 Å². The van der Waals surface area contributed by atoms with Gasteiger partial charge in [0, 0.05) is 13.1 Å². The van der Waals surface area contributed by atoms with E-state index in [4.69, 9.17) is 10.5 Å². The van der Waals surface area contributed by atoms with Crippen LogP contribution in [0.15, 0.2) is 0 Å². The normalized spacial score (nSPS) is 21.4. The third-order valence-electron chi connectivity index (χ3n) is 3.75. The van der Waals surface area contributed by atoms with Gasteiger partial charge in [-0.15, -0.1) is 0 Å². The minimum Gasteiger partial charge on any atom is -0.467 e. The predicted molar refractivity (Wildman–Crippen MR) is 78.0 cm³/mol. The summed E-state index contributed by atoms with van der Waals surface area (Å²) in [6.07, 6.45) is 3.31. The molecule has 2 atom stereocenters. The van der Waals surface area contributed by atoms with Crippen LogP contribution >= 0.6 is 0 Å². The lowest BCUT2D eigenvalue weighted by molar-refractivity contribution is -0.156. The summed E-state index contributed by atoms with van der Waals surface area (Å²) in [6, 6.07) is -0.435. The van der Waals surface area contributed by atoms with Gasteiger partial charge in [0.15, 0.2) is 0 Å². The van der Waals surface area contributed by atoms with E-state index in [2.05, 4.69) is 20.8 Å². The van der Waals surface area contributed by atoms with Gasteiger partial charge < -0.3 is 15.4 Å². The number of amides is 1. The molecule has 0 aromatic heterocycles. The number of rotatable bonds is 4. The Bertz CT molecular complexity index is 350. The molecule has 1 aliphatic rings. The molecule has 1 heterocycles. The lowest BCUT2D eigenvalue weighted by Gasteiger charge is -2.37. The number of ether oxygens (including phenoxy) is 1. The first-order chi connectivity index (χ1) is 9.30. The van der Waals surface area contributed by atoms with Crippen molar-refractivity contribution in [2.45, 2.75) is 52.5 Å². The number of nitrogens with two attached hydrogens (primary N) is 1. The number of esters is 1. The van der Waals surface area contributed by atoms with Crippen molar-refractivity contribution < 1.29 is 14.3 Å². The summed E-state index contributed by atoms with van der Waals surface area (Å²) < 4.78 is 4.82. The minimum atomic E-state index is -0.435. The Morgan fingerprint density at radius 3 is 2.50 bits per heavy atom. The van der Waals surface area contributed by atoms with Crippen molar-refractivity contribution in [3.63, 3.8) is 0 Å². The van der Waals surface area contributed by atoms with Gasteiger partial charge in [-0.3, -0.25) is 4.79 Å². The monoisotopic (exact) mass is 284 g/mol. The van der Waals surface area contributed by atoms with Crippen LogP contribution in [0.2, 0.25) is 0 Å². The zero-order valence-electron chi connectivity index (χ0n) is 13.1.